The van der Waals surface area contributed by atoms with Crippen LogP contribution in [0, 0.1) is 17.1 Å². The maximum Gasteiger partial charge on any atom is 0.250 e. The van der Waals surface area contributed by atoms with Crippen LogP contribution in [-0.2, 0) is 21.6 Å². The van der Waals surface area contributed by atoms with Crippen LogP contribution in [0.4, 0.5) is 4.39 Å². The van der Waals surface area contributed by atoms with Gasteiger partial charge in [0.05, 0.1) is 18.5 Å². The number of benzene rings is 2. The molecule has 40 heavy (non-hydrogen) atoms. The van der Waals surface area contributed by atoms with Crippen molar-refractivity contribution in [3.05, 3.63) is 78.4 Å². The summed E-state index contributed by atoms with van der Waals surface area (Å²) in [5.41, 5.74) is -0.278. The van der Waals surface area contributed by atoms with Gasteiger partial charge >= 0.3 is 0 Å². The van der Waals surface area contributed by atoms with Crippen molar-refractivity contribution in [2.75, 3.05) is 18.6 Å². The molecule has 0 saturated carbocycles. The SMILES string of the molecule is C[n+]1ccc(SCCCCOc2ccc3cc(S(=O)(=O)NCP(=O)([O-])Oc4ccc(C#N)c(F)c4)sc3c2)cc1. The van der Waals surface area contributed by atoms with E-state index in [2.05, 4.69) is 12.1 Å². The van der Waals surface area contributed by atoms with Gasteiger partial charge in [-0.05, 0) is 60.4 Å². The molecule has 1 N–H and O–H groups in total. The zero-order chi connectivity index (χ0) is 28.8. The number of aryl methyl sites for hydroxylation is 1. The molecule has 0 aliphatic heterocycles. The number of unbranched alkanes of at least 4 members (excludes halogenated alkanes) is 1. The summed E-state index contributed by atoms with van der Waals surface area (Å²) in [6.45, 7) is 0.524. The Labute approximate surface area is 239 Å². The van der Waals surface area contributed by atoms with Crippen LogP contribution in [0.2, 0.25) is 0 Å². The number of pyridine rings is 1. The lowest BCUT2D eigenvalue weighted by atomic mass is 10.2. The maximum atomic E-state index is 13.7. The van der Waals surface area contributed by atoms with Crippen molar-refractivity contribution in [3.8, 4) is 17.6 Å². The van der Waals surface area contributed by atoms with Crippen molar-refractivity contribution in [2.45, 2.75) is 21.9 Å². The summed E-state index contributed by atoms with van der Waals surface area (Å²) in [4.78, 5) is 13.5. The fourth-order valence-electron chi connectivity index (χ4n) is 3.45. The zero-order valence-corrected chi connectivity index (χ0v) is 24.6. The normalized spacial score (nSPS) is 13.1. The largest absolute Gasteiger partial charge is 0.768 e. The molecule has 2 heterocycles. The smallest absolute Gasteiger partial charge is 0.250 e. The molecule has 0 aliphatic rings. The summed E-state index contributed by atoms with van der Waals surface area (Å²) in [6, 6.07) is 15.4. The second-order valence-corrected chi connectivity index (χ2v) is 14.6. The summed E-state index contributed by atoms with van der Waals surface area (Å²) in [5.74, 6) is 0.265. The molecule has 210 valence electrons. The number of nitrogens with zero attached hydrogens (tertiary/aromatic N) is 2. The van der Waals surface area contributed by atoms with Crippen molar-refractivity contribution in [1.82, 2.24) is 4.72 Å². The first-order valence-electron chi connectivity index (χ1n) is 12.0. The highest BCUT2D eigenvalue weighted by atomic mass is 32.2. The van der Waals surface area contributed by atoms with E-state index in [-0.39, 0.29) is 15.5 Å². The molecule has 4 aromatic rings. The molecule has 14 heteroatoms. The van der Waals surface area contributed by atoms with E-state index >= 15 is 0 Å². The lowest BCUT2D eigenvalue weighted by molar-refractivity contribution is -0.671. The standard InChI is InChI=1S/C26H25FN3O6PS3/c1-30-10-8-23(9-11-30)38-13-3-2-12-35-21-6-4-19-14-26(39-25(19)16-21)40(33,34)29-18-37(31,32)36-22-7-5-20(17-28)24(27)15-22/h4-11,14-16,29H,2-3,12-13,18H2,1H3. The van der Waals surface area contributed by atoms with Crippen LogP contribution in [0.25, 0.3) is 10.1 Å². The molecule has 0 amide bonds. The van der Waals surface area contributed by atoms with Gasteiger partial charge in [-0.3, -0.25) is 4.57 Å². The van der Waals surface area contributed by atoms with Crippen LogP contribution in [0.5, 0.6) is 11.5 Å². The predicted octanol–water partition coefficient (Wildman–Crippen LogP) is 4.56. The van der Waals surface area contributed by atoms with Gasteiger partial charge in [0.1, 0.15) is 34.6 Å². The molecule has 1 unspecified atom stereocenters. The molecule has 9 nitrogen and oxygen atoms in total. The second kappa shape index (κ2) is 13.1. The monoisotopic (exact) mass is 621 g/mol. The number of rotatable bonds is 13. The lowest BCUT2D eigenvalue weighted by Crippen LogP contribution is -2.28. The van der Waals surface area contributed by atoms with Crippen LogP contribution >= 0.6 is 30.7 Å². The zero-order valence-electron chi connectivity index (χ0n) is 21.3. The Balaban J connectivity index is 1.28. The first-order chi connectivity index (χ1) is 19.0. The topological polar surface area (TPSA) is 132 Å². The Hall–Kier alpha value is -2.98. The second-order valence-electron chi connectivity index (χ2n) is 8.63. The minimum atomic E-state index is -4.77. The first kappa shape index (κ1) is 30.0. The molecule has 0 aliphatic carbocycles. The van der Waals surface area contributed by atoms with Gasteiger partial charge in [-0.2, -0.15) is 5.26 Å². The number of halogens is 1. The summed E-state index contributed by atoms with van der Waals surface area (Å²) < 4.78 is 66.8. The van der Waals surface area contributed by atoms with E-state index in [1.54, 1.807) is 36.0 Å². The third-order valence-electron chi connectivity index (χ3n) is 5.51. The van der Waals surface area contributed by atoms with E-state index in [1.807, 2.05) is 28.7 Å². The quantitative estimate of drug-likeness (QED) is 0.0995. The Bertz CT molecular complexity index is 1690. The Kier molecular flexibility index (Phi) is 9.84. The first-order valence-corrected chi connectivity index (χ1v) is 17.0. The van der Waals surface area contributed by atoms with E-state index in [4.69, 9.17) is 14.5 Å². The summed E-state index contributed by atoms with van der Waals surface area (Å²) in [6.07, 6.45) is 4.83. The van der Waals surface area contributed by atoms with E-state index in [9.17, 15) is 22.3 Å². The van der Waals surface area contributed by atoms with Crippen molar-refractivity contribution in [3.63, 3.8) is 0 Å². The highest BCUT2D eigenvalue weighted by Crippen LogP contribution is 2.38. The minimum Gasteiger partial charge on any atom is -0.768 e. The number of sulfonamides is 1. The molecule has 1 atom stereocenters. The number of ether oxygens (including phenoxy) is 1. The third kappa shape index (κ3) is 8.27. The van der Waals surface area contributed by atoms with Gasteiger partial charge in [-0.1, -0.05) is 0 Å². The Morgan fingerprint density at radius 2 is 1.88 bits per heavy atom. The van der Waals surface area contributed by atoms with Crippen LogP contribution in [0.15, 0.2) is 76.1 Å². The van der Waals surface area contributed by atoms with Crippen molar-refractivity contribution in [1.29, 1.82) is 5.26 Å². The number of fused-ring (bicyclic) bond motifs is 1. The molecule has 0 fully saturated rings. The number of hydrogen-bond acceptors (Lipinski definition) is 9. The number of nitrogens with one attached hydrogen (secondary N) is 1. The van der Waals surface area contributed by atoms with Crippen molar-refractivity contribution >= 4 is 50.8 Å². The molecule has 0 spiro atoms. The summed E-state index contributed by atoms with van der Waals surface area (Å²) in [5, 5.41) is 9.43. The average molecular weight is 622 g/mol. The number of thioether (sulfide) groups is 1. The molecular formula is C26H25FN3O6PS3. The predicted molar refractivity (Wildman–Crippen MR) is 149 cm³/mol. The number of aromatic nitrogens is 1. The van der Waals surface area contributed by atoms with E-state index in [1.165, 1.54) is 11.0 Å². The molecule has 0 radical (unpaired) electrons. The molecular weight excluding hydrogens is 596 g/mol. The number of nitriles is 1. The third-order valence-corrected chi connectivity index (χ3v) is 10.8. The summed E-state index contributed by atoms with van der Waals surface area (Å²) >= 11 is 2.77. The highest BCUT2D eigenvalue weighted by Gasteiger charge is 2.21. The van der Waals surface area contributed by atoms with Gasteiger partial charge in [0.25, 0.3) is 10.0 Å². The van der Waals surface area contributed by atoms with Crippen LogP contribution < -0.4 is 23.4 Å². The van der Waals surface area contributed by atoms with Gasteiger partial charge in [0.15, 0.2) is 20.0 Å². The molecule has 2 aromatic carbocycles. The van der Waals surface area contributed by atoms with Gasteiger partial charge in [-0.15, -0.1) is 23.1 Å². The fourth-order valence-corrected chi connectivity index (χ4v) is 8.29. The molecule has 2 aromatic heterocycles. The van der Waals surface area contributed by atoms with Gasteiger partial charge in [0.2, 0.25) is 0 Å². The Morgan fingerprint density at radius 1 is 1.12 bits per heavy atom. The molecule has 4 rings (SSSR count). The van der Waals surface area contributed by atoms with Gasteiger partial charge in [0, 0.05) is 27.8 Å². The van der Waals surface area contributed by atoms with Crippen molar-refractivity contribution in [2.24, 2.45) is 7.05 Å². The Morgan fingerprint density at radius 3 is 2.60 bits per heavy atom. The minimum absolute atomic E-state index is 0.0735. The van der Waals surface area contributed by atoms with Crippen LogP contribution in [-0.4, -0.2) is 27.1 Å². The van der Waals surface area contributed by atoms with Gasteiger partial charge in [-0.25, -0.2) is 22.1 Å². The van der Waals surface area contributed by atoms with Crippen LogP contribution in [0.1, 0.15) is 18.4 Å². The highest BCUT2D eigenvalue weighted by molar-refractivity contribution is 7.99. The maximum absolute atomic E-state index is 13.7. The van der Waals surface area contributed by atoms with Crippen molar-refractivity contribution < 1.29 is 36.1 Å². The van der Waals surface area contributed by atoms with E-state index in [0.717, 1.165) is 48.1 Å². The van der Waals surface area contributed by atoms with E-state index in [0.29, 0.717) is 22.4 Å². The van der Waals surface area contributed by atoms with Gasteiger partial charge < -0.3 is 14.2 Å². The lowest BCUT2D eigenvalue weighted by Gasteiger charge is -2.24. The number of thiophene rings is 1. The number of hydrogen-bond donors (Lipinski definition) is 1. The molecule has 0 saturated heterocycles. The summed E-state index contributed by atoms with van der Waals surface area (Å²) in [7, 11) is -6.96. The average Bonchev–Trinajstić information content (AvgIpc) is 3.35. The van der Waals surface area contributed by atoms with E-state index < -0.39 is 29.7 Å². The van der Waals surface area contributed by atoms with Crippen LogP contribution in [0.3, 0.4) is 0 Å². The fraction of sp³-hybridized carbons (Fsp3) is 0.231. The molecule has 0 bridgehead atoms.